The van der Waals surface area contributed by atoms with Gasteiger partial charge < -0.3 is 14.2 Å². The molecule has 3 nitrogen and oxygen atoms in total. The van der Waals surface area contributed by atoms with Gasteiger partial charge in [-0.2, -0.15) is 0 Å². The first-order chi connectivity index (χ1) is 6.04. The van der Waals surface area contributed by atoms with Crippen LogP contribution in [0, 0.1) is 0 Å². The highest BCUT2D eigenvalue weighted by Crippen LogP contribution is 2.38. The van der Waals surface area contributed by atoms with E-state index in [9.17, 15) is 0 Å². The zero-order valence-corrected chi connectivity index (χ0v) is 9.05. The fraction of sp³-hybridized carbons (Fsp3) is 1.00. The molecular formula is C10H20O3. The van der Waals surface area contributed by atoms with Gasteiger partial charge in [-0.05, 0) is 27.7 Å². The average Bonchev–Trinajstić information content (AvgIpc) is 2.29. The lowest BCUT2D eigenvalue weighted by Gasteiger charge is -2.29. The van der Waals surface area contributed by atoms with Gasteiger partial charge in [-0.25, -0.2) is 0 Å². The van der Waals surface area contributed by atoms with Crippen molar-refractivity contribution in [2.45, 2.75) is 52.1 Å². The topological polar surface area (TPSA) is 27.7 Å². The minimum absolute atomic E-state index is 0.446. The van der Waals surface area contributed by atoms with Crippen LogP contribution in [0.25, 0.3) is 0 Å². The van der Waals surface area contributed by atoms with Gasteiger partial charge in [0.05, 0.1) is 0 Å². The van der Waals surface area contributed by atoms with Crippen molar-refractivity contribution in [1.29, 1.82) is 0 Å². The predicted molar refractivity (Wildman–Crippen MR) is 50.4 cm³/mol. The summed E-state index contributed by atoms with van der Waals surface area (Å²) in [6.45, 7) is 9.26. The van der Waals surface area contributed by atoms with Crippen LogP contribution in [0.2, 0.25) is 0 Å². The van der Waals surface area contributed by atoms with Crippen LogP contribution in [0.1, 0.15) is 40.5 Å². The van der Waals surface area contributed by atoms with E-state index in [1.807, 2.05) is 27.7 Å². The molecule has 1 heterocycles. The fourth-order valence-electron chi connectivity index (χ4n) is 1.83. The van der Waals surface area contributed by atoms with E-state index < -0.39 is 11.6 Å². The van der Waals surface area contributed by atoms with Crippen molar-refractivity contribution in [2.24, 2.45) is 0 Å². The Morgan fingerprint density at radius 3 is 1.69 bits per heavy atom. The Hall–Kier alpha value is -0.120. The van der Waals surface area contributed by atoms with Crippen molar-refractivity contribution in [1.82, 2.24) is 0 Å². The van der Waals surface area contributed by atoms with E-state index in [0.717, 1.165) is 12.8 Å². The smallest absolute Gasteiger partial charge is 0.169 e. The summed E-state index contributed by atoms with van der Waals surface area (Å²) < 4.78 is 16.8. The summed E-state index contributed by atoms with van der Waals surface area (Å²) in [4.78, 5) is 0. The molecule has 0 spiro atoms. The fourth-order valence-corrected chi connectivity index (χ4v) is 1.83. The van der Waals surface area contributed by atoms with Gasteiger partial charge in [0.15, 0.2) is 11.6 Å². The van der Waals surface area contributed by atoms with E-state index >= 15 is 0 Å². The highest BCUT2D eigenvalue weighted by molar-refractivity contribution is 4.81. The molecule has 1 fully saturated rings. The maximum atomic E-state index is 5.77. The van der Waals surface area contributed by atoms with E-state index in [1.165, 1.54) is 0 Å². The molecule has 2 atom stereocenters. The van der Waals surface area contributed by atoms with Gasteiger partial charge >= 0.3 is 0 Å². The molecule has 0 amide bonds. The quantitative estimate of drug-likeness (QED) is 0.677. The van der Waals surface area contributed by atoms with Crippen LogP contribution in [-0.4, -0.2) is 24.8 Å². The number of ether oxygens (including phenoxy) is 3. The Kier molecular flexibility index (Phi) is 3.33. The molecule has 1 aliphatic heterocycles. The molecule has 0 saturated carbocycles. The van der Waals surface area contributed by atoms with Crippen LogP contribution in [0.5, 0.6) is 0 Å². The van der Waals surface area contributed by atoms with Crippen molar-refractivity contribution in [3.63, 3.8) is 0 Å². The number of hydrogen-bond acceptors (Lipinski definition) is 3. The van der Waals surface area contributed by atoms with E-state index in [2.05, 4.69) is 0 Å². The molecule has 78 valence electrons. The van der Waals surface area contributed by atoms with Crippen molar-refractivity contribution < 1.29 is 14.2 Å². The third-order valence-electron chi connectivity index (χ3n) is 2.36. The summed E-state index contributed by atoms with van der Waals surface area (Å²) in [7, 11) is 0. The molecule has 0 radical (unpaired) electrons. The summed E-state index contributed by atoms with van der Waals surface area (Å²) in [5, 5.41) is 0. The summed E-state index contributed by atoms with van der Waals surface area (Å²) in [6.07, 6.45) is 1.80. The Morgan fingerprint density at radius 2 is 1.38 bits per heavy atom. The Morgan fingerprint density at radius 1 is 1.00 bits per heavy atom. The van der Waals surface area contributed by atoms with Crippen LogP contribution < -0.4 is 0 Å². The third-order valence-corrected chi connectivity index (χ3v) is 2.36. The molecule has 0 aromatic carbocycles. The Bertz CT molecular complexity index is 154. The van der Waals surface area contributed by atoms with Crippen molar-refractivity contribution in [3.8, 4) is 0 Å². The molecule has 2 unspecified atom stereocenters. The van der Waals surface area contributed by atoms with E-state index in [-0.39, 0.29) is 0 Å². The maximum absolute atomic E-state index is 5.77. The first kappa shape index (κ1) is 11.0. The molecule has 0 bridgehead atoms. The molecule has 3 heteroatoms. The summed E-state index contributed by atoms with van der Waals surface area (Å²) in [5.41, 5.74) is 0. The van der Waals surface area contributed by atoms with Gasteiger partial charge in [-0.1, -0.05) is 0 Å². The lowest BCUT2D eigenvalue weighted by molar-refractivity contribution is -0.304. The van der Waals surface area contributed by atoms with Gasteiger partial charge in [-0.15, -0.1) is 0 Å². The molecule has 1 aliphatic rings. The second-order valence-corrected chi connectivity index (χ2v) is 3.74. The van der Waals surface area contributed by atoms with E-state index in [1.54, 1.807) is 0 Å². The van der Waals surface area contributed by atoms with Gasteiger partial charge in [0.2, 0.25) is 0 Å². The maximum Gasteiger partial charge on any atom is 0.169 e. The van der Waals surface area contributed by atoms with Crippen LogP contribution in [-0.2, 0) is 14.2 Å². The zero-order chi connectivity index (χ0) is 9.95. The van der Waals surface area contributed by atoms with Crippen molar-refractivity contribution in [3.05, 3.63) is 0 Å². The second-order valence-electron chi connectivity index (χ2n) is 3.74. The van der Waals surface area contributed by atoms with E-state index in [0.29, 0.717) is 13.2 Å². The normalized spacial score (nSPS) is 39.7. The first-order valence-corrected chi connectivity index (χ1v) is 5.02. The molecule has 0 N–H and O–H groups in total. The minimum Gasteiger partial charge on any atom is -0.350 e. The van der Waals surface area contributed by atoms with Crippen LogP contribution in [0.4, 0.5) is 0 Å². The number of hydrogen-bond donors (Lipinski definition) is 0. The van der Waals surface area contributed by atoms with Gasteiger partial charge in [0.25, 0.3) is 0 Å². The minimum atomic E-state index is -0.446. The second kappa shape index (κ2) is 3.95. The molecule has 13 heavy (non-hydrogen) atoms. The Labute approximate surface area is 80.4 Å². The molecule has 0 aromatic heterocycles. The van der Waals surface area contributed by atoms with E-state index in [4.69, 9.17) is 14.2 Å². The van der Waals surface area contributed by atoms with Crippen LogP contribution >= 0.6 is 0 Å². The van der Waals surface area contributed by atoms with Gasteiger partial charge in [0, 0.05) is 26.1 Å². The lowest BCUT2D eigenvalue weighted by atomic mass is 10.1. The van der Waals surface area contributed by atoms with Gasteiger partial charge in [0.1, 0.15) is 0 Å². The van der Waals surface area contributed by atoms with Crippen LogP contribution in [0.3, 0.4) is 0 Å². The Balaban J connectivity index is 2.51. The highest BCUT2D eigenvalue weighted by Gasteiger charge is 2.44. The molecule has 0 aliphatic carbocycles. The monoisotopic (exact) mass is 188 g/mol. The molecule has 0 aromatic rings. The first-order valence-electron chi connectivity index (χ1n) is 5.02. The average molecular weight is 188 g/mol. The lowest BCUT2D eigenvalue weighted by Crippen LogP contribution is -2.35. The summed E-state index contributed by atoms with van der Waals surface area (Å²) >= 11 is 0. The molecule has 1 saturated heterocycles. The van der Waals surface area contributed by atoms with Gasteiger partial charge in [-0.3, -0.25) is 0 Å². The predicted octanol–water partition coefficient (Wildman–Crippen LogP) is 2.30. The van der Waals surface area contributed by atoms with Crippen molar-refractivity contribution >= 4 is 0 Å². The standard InChI is InChI=1S/C10H20O3/c1-5-11-9(3)7-8-10(4,13-9)12-6-2/h5-8H2,1-4H3. The number of rotatable bonds is 4. The highest BCUT2D eigenvalue weighted by atomic mass is 16.8. The largest absolute Gasteiger partial charge is 0.350 e. The summed E-state index contributed by atoms with van der Waals surface area (Å²) in [5.74, 6) is -0.892. The third kappa shape index (κ3) is 2.66. The zero-order valence-electron chi connectivity index (χ0n) is 9.05. The molecule has 1 rings (SSSR count). The summed E-state index contributed by atoms with van der Waals surface area (Å²) in [6, 6.07) is 0. The SMILES string of the molecule is CCOC1(C)CCC(C)(OCC)O1. The van der Waals surface area contributed by atoms with Crippen LogP contribution in [0.15, 0.2) is 0 Å². The molecular weight excluding hydrogens is 168 g/mol. The van der Waals surface area contributed by atoms with Crippen molar-refractivity contribution in [2.75, 3.05) is 13.2 Å².